The van der Waals surface area contributed by atoms with Crippen LogP contribution in [0.25, 0.3) is 16.9 Å². The van der Waals surface area contributed by atoms with E-state index in [1.807, 2.05) is 18.2 Å². The molecule has 1 amide bonds. The average Bonchev–Trinajstić information content (AvgIpc) is 3.11. The lowest BCUT2D eigenvalue weighted by atomic mass is 9.95. The number of hydrogen-bond acceptors (Lipinski definition) is 3. The van der Waals surface area contributed by atoms with Crippen molar-refractivity contribution in [2.24, 2.45) is 5.92 Å². The van der Waals surface area contributed by atoms with Gasteiger partial charge in [-0.05, 0) is 18.4 Å². The summed E-state index contributed by atoms with van der Waals surface area (Å²) in [5.41, 5.74) is 2.96. The third-order valence-electron chi connectivity index (χ3n) is 5.79. The zero-order valence-electron chi connectivity index (χ0n) is 17.2. The third-order valence-corrected chi connectivity index (χ3v) is 5.79. The standard InChI is InChI=1S/C23H27FN4O2/c1-2-3-4-5-8-17-9-6-7-10-18(17)21-20(23(30)27-14-16(13-24)15-27)22-25-12-11-19(29)28(22)26-21/h6-7,9-12,16,25H,2-5,8,13-15H2,1H3. The lowest BCUT2D eigenvalue weighted by Gasteiger charge is -2.37. The second-order valence-electron chi connectivity index (χ2n) is 8.00. The first kappa shape index (κ1) is 20.3. The number of unbranched alkanes of at least 4 members (excludes halogenated alkanes) is 3. The number of nitrogens with one attached hydrogen (secondary N) is 1. The molecule has 0 radical (unpaired) electrons. The maximum absolute atomic E-state index is 13.3. The molecule has 0 atom stereocenters. The molecule has 1 N–H and O–H groups in total. The predicted molar refractivity (Wildman–Crippen MR) is 114 cm³/mol. The number of carbonyl (C=O) groups excluding carboxylic acids is 1. The highest BCUT2D eigenvalue weighted by Crippen LogP contribution is 2.31. The smallest absolute Gasteiger partial charge is 0.274 e. The van der Waals surface area contributed by atoms with Crippen molar-refractivity contribution < 1.29 is 9.18 Å². The zero-order chi connectivity index (χ0) is 21.1. The van der Waals surface area contributed by atoms with Crippen LogP contribution in [0.5, 0.6) is 0 Å². The number of carbonyl (C=O) groups is 1. The van der Waals surface area contributed by atoms with Crippen molar-refractivity contribution in [3.8, 4) is 11.3 Å². The van der Waals surface area contributed by atoms with Crippen LogP contribution in [0.2, 0.25) is 0 Å². The Morgan fingerprint density at radius 2 is 2.00 bits per heavy atom. The number of aromatic amines is 1. The van der Waals surface area contributed by atoms with Crippen molar-refractivity contribution in [1.82, 2.24) is 19.5 Å². The maximum Gasteiger partial charge on any atom is 0.274 e. The minimum atomic E-state index is -0.428. The van der Waals surface area contributed by atoms with E-state index in [0.717, 1.165) is 30.4 Å². The van der Waals surface area contributed by atoms with Crippen LogP contribution in [-0.2, 0) is 6.42 Å². The lowest BCUT2D eigenvalue weighted by Crippen LogP contribution is -2.50. The highest BCUT2D eigenvalue weighted by atomic mass is 19.1. The Labute approximate surface area is 174 Å². The fourth-order valence-corrected chi connectivity index (χ4v) is 4.07. The molecule has 6 nitrogen and oxygen atoms in total. The molecule has 4 rings (SSSR count). The molecule has 0 saturated carbocycles. The van der Waals surface area contributed by atoms with E-state index >= 15 is 0 Å². The van der Waals surface area contributed by atoms with Gasteiger partial charge < -0.3 is 9.88 Å². The molecule has 1 fully saturated rings. The number of halogens is 1. The Morgan fingerprint density at radius 3 is 2.77 bits per heavy atom. The predicted octanol–water partition coefficient (Wildman–Crippen LogP) is 3.85. The van der Waals surface area contributed by atoms with Crippen LogP contribution in [0.3, 0.4) is 0 Å². The largest absolute Gasteiger partial charge is 0.346 e. The van der Waals surface area contributed by atoms with Gasteiger partial charge in [-0.3, -0.25) is 14.0 Å². The van der Waals surface area contributed by atoms with Gasteiger partial charge in [-0.1, -0.05) is 50.5 Å². The van der Waals surface area contributed by atoms with Gasteiger partial charge in [0, 0.05) is 36.8 Å². The Morgan fingerprint density at radius 1 is 1.20 bits per heavy atom. The molecule has 0 unspecified atom stereocenters. The van der Waals surface area contributed by atoms with E-state index in [9.17, 15) is 14.0 Å². The molecule has 3 aromatic rings. The summed E-state index contributed by atoms with van der Waals surface area (Å²) >= 11 is 0. The van der Waals surface area contributed by atoms with E-state index < -0.39 is 6.67 Å². The minimum Gasteiger partial charge on any atom is -0.346 e. The first-order valence-electron chi connectivity index (χ1n) is 10.7. The average molecular weight is 410 g/mol. The van der Waals surface area contributed by atoms with E-state index in [-0.39, 0.29) is 17.4 Å². The molecular weight excluding hydrogens is 383 g/mol. The van der Waals surface area contributed by atoms with Crippen LogP contribution in [0.4, 0.5) is 4.39 Å². The molecule has 0 spiro atoms. The Hall–Kier alpha value is -2.96. The second kappa shape index (κ2) is 8.81. The van der Waals surface area contributed by atoms with Crippen molar-refractivity contribution >= 4 is 11.6 Å². The molecule has 0 bridgehead atoms. The van der Waals surface area contributed by atoms with Crippen LogP contribution >= 0.6 is 0 Å². The summed E-state index contributed by atoms with van der Waals surface area (Å²) in [6.45, 7) is 2.54. The van der Waals surface area contributed by atoms with Gasteiger partial charge >= 0.3 is 0 Å². The number of hydrogen-bond donors (Lipinski definition) is 1. The summed E-state index contributed by atoms with van der Waals surface area (Å²) in [7, 11) is 0. The van der Waals surface area contributed by atoms with Gasteiger partial charge in [0.2, 0.25) is 0 Å². The summed E-state index contributed by atoms with van der Waals surface area (Å²) < 4.78 is 14.1. The van der Waals surface area contributed by atoms with E-state index in [4.69, 9.17) is 0 Å². The number of aromatic nitrogens is 3. The third kappa shape index (κ3) is 3.76. The number of nitrogens with zero attached hydrogens (tertiary/aromatic N) is 3. The number of fused-ring (bicyclic) bond motifs is 1. The number of alkyl halides is 1. The zero-order valence-corrected chi connectivity index (χ0v) is 17.2. The Balaban J connectivity index is 1.77. The molecule has 1 aliphatic heterocycles. The molecule has 1 aromatic carbocycles. The highest BCUT2D eigenvalue weighted by molar-refractivity contribution is 6.06. The molecule has 1 aliphatic rings. The van der Waals surface area contributed by atoms with Crippen molar-refractivity contribution in [3.63, 3.8) is 0 Å². The molecule has 1 saturated heterocycles. The van der Waals surface area contributed by atoms with Crippen molar-refractivity contribution in [2.75, 3.05) is 19.8 Å². The molecule has 30 heavy (non-hydrogen) atoms. The van der Waals surface area contributed by atoms with Crippen molar-refractivity contribution in [2.45, 2.75) is 39.0 Å². The van der Waals surface area contributed by atoms with Gasteiger partial charge in [0.25, 0.3) is 11.5 Å². The van der Waals surface area contributed by atoms with Crippen molar-refractivity contribution in [1.29, 1.82) is 0 Å². The Bertz CT molecular complexity index is 1100. The van der Waals surface area contributed by atoms with Crippen LogP contribution in [0.1, 0.15) is 48.5 Å². The number of benzene rings is 1. The van der Waals surface area contributed by atoms with E-state index in [1.54, 1.807) is 4.90 Å². The normalized spacial score (nSPS) is 14.3. The number of amides is 1. The summed E-state index contributed by atoms with van der Waals surface area (Å²) in [5.74, 6) is -0.323. The SMILES string of the molecule is CCCCCCc1ccccc1-c1nn2c(=O)cc[nH]c2c1C(=O)N1CC(CF)C1. The van der Waals surface area contributed by atoms with E-state index in [0.29, 0.717) is 30.0 Å². The number of likely N-dealkylation sites (tertiary alicyclic amines) is 1. The van der Waals surface area contributed by atoms with Crippen molar-refractivity contribution in [3.05, 3.63) is 58.0 Å². The maximum atomic E-state index is 13.3. The monoisotopic (exact) mass is 410 g/mol. The number of rotatable bonds is 8. The first-order chi connectivity index (χ1) is 14.6. The van der Waals surface area contributed by atoms with Gasteiger partial charge in [-0.25, -0.2) is 0 Å². The minimum absolute atomic E-state index is 0.107. The number of H-pyrrole nitrogens is 1. The highest BCUT2D eigenvalue weighted by Gasteiger charge is 2.35. The van der Waals surface area contributed by atoms with E-state index in [1.165, 1.54) is 29.6 Å². The number of aryl methyl sites for hydroxylation is 1. The Kier molecular flexibility index (Phi) is 5.97. The fraction of sp³-hybridized carbons (Fsp3) is 0.435. The van der Waals surface area contributed by atoms with Gasteiger partial charge in [0.1, 0.15) is 11.3 Å². The molecule has 0 aliphatic carbocycles. The molecular formula is C23H27FN4O2. The summed E-state index contributed by atoms with van der Waals surface area (Å²) in [6, 6.07) is 9.32. The fourth-order valence-electron chi connectivity index (χ4n) is 4.07. The molecule has 7 heteroatoms. The summed E-state index contributed by atoms with van der Waals surface area (Å²) in [6.07, 6.45) is 6.99. The van der Waals surface area contributed by atoms with Crippen LogP contribution < -0.4 is 5.56 Å². The quantitative estimate of drug-likeness (QED) is 0.574. The molecule has 158 valence electrons. The molecule has 2 aromatic heterocycles. The summed E-state index contributed by atoms with van der Waals surface area (Å²) in [4.78, 5) is 30.3. The lowest BCUT2D eigenvalue weighted by molar-refractivity contribution is 0.0455. The first-order valence-corrected chi connectivity index (χ1v) is 10.7. The van der Waals surface area contributed by atoms with Gasteiger partial charge in [0.05, 0.1) is 6.67 Å². The topological polar surface area (TPSA) is 70.5 Å². The van der Waals surface area contributed by atoms with Gasteiger partial charge in [0.15, 0.2) is 5.65 Å². The van der Waals surface area contributed by atoms with Gasteiger partial charge in [-0.15, -0.1) is 0 Å². The summed E-state index contributed by atoms with van der Waals surface area (Å²) in [5, 5.41) is 4.54. The van der Waals surface area contributed by atoms with E-state index in [2.05, 4.69) is 23.1 Å². The van der Waals surface area contributed by atoms with Crippen LogP contribution in [0.15, 0.2) is 41.3 Å². The van der Waals surface area contributed by atoms with Crippen LogP contribution in [-0.4, -0.2) is 45.2 Å². The second-order valence-corrected chi connectivity index (χ2v) is 8.00. The van der Waals surface area contributed by atoms with Gasteiger partial charge in [-0.2, -0.15) is 9.61 Å². The van der Waals surface area contributed by atoms with Crippen LogP contribution in [0, 0.1) is 5.92 Å². The molecule has 3 heterocycles.